The Labute approximate surface area is 164 Å². The molecule has 2 aromatic rings. The van der Waals surface area contributed by atoms with Crippen LogP contribution >= 0.6 is 27.7 Å². The van der Waals surface area contributed by atoms with Crippen molar-refractivity contribution in [3.05, 3.63) is 46.7 Å². The summed E-state index contributed by atoms with van der Waals surface area (Å²) in [6.07, 6.45) is 0.823. The van der Waals surface area contributed by atoms with E-state index in [0.717, 1.165) is 17.1 Å². The quantitative estimate of drug-likeness (QED) is 0.746. The lowest BCUT2D eigenvalue weighted by Crippen LogP contribution is -2.29. The van der Waals surface area contributed by atoms with Crippen molar-refractivity contribution in [1.29, 1.82) is 0 Å². The summed E-state index contributed by atoms with van der Waals surface area (Å²) in [5.74, 6) is 0.0273. The summed E-state index contributed by atoms with van der Waals surface area (Å²) in [7, 11) is -4.00. The molecule has 1 aliphatic heterocycles. The van der Waals surface area contributed by atoms with E-state index < -0.39 is 15.8 Å². The second-order valence-electron chi connectivity index (χ2n) is 5.73. The van der Waals surface area contributed by atoms with Gasteiger partial charge < -0.3 is 4.90 Å². The molecule has 138 valence electrons. The average Bonchev–Trinajstić information content (AvgIpc) is 2.79. The topological polar surface area (TPSA) is 66.5 Å². The fraction of sp³-hybridized carbons (Fsp3) is 0.235. The van der Waals surface area contributed by atoms with Crippen molar-refractivity contribution in [3.8, 4) is 0 Å². The molecule has 2 aromatic carbocycles. The van der Waals surface area contributed by atoms with Crippen LogP contribution < -0.4 is 9.62 Å². The van der Waals surface area contributed by atoms with Gasteiger partial charge in [-0.3, -0.25) is 9.52 Å². The molecule has 5 nitrogen and oxygen atoms in total. The first-order chi connectivity index (χ1) is 12.3. The lowest BCUT2D eigenvalue weighted by molar-refractivity contribution is -0.116. The second-order valence-corrected chi connectivity index (χ2v) is 9.47. The van der Waals surface area contributed by atoms with Crippen molar-refractivity contribution in [3.63, 3.8) is 0 Å². The number of hydrogen-bond acceptors (Lipinski definition) is 4. The summed E-state index contributed by atoms with van der Waals surface area (Å²) in [5.41, 5.74) is 0.431. The Kier molecular flexibility index (Phi) is 5.59. The summed E-state index contributed by atoms with van der Waals surface area (Å²) < 4.78 is 42.1. The number of thioether (sulfide) groups is 1. The Hall–Kier alpha value is -1.58. The molecule has 0 radical (unpaired) electrons. The Balaban J connectivity index is 1.99. The molecule has 0 atom stereocenters. The van der Waals surface area contributed by atoms with Crippen LogP contribution in [0.1, 0.15) is 13.3 Å². The Morgan fingerprint density at radius 2 is 2.04 bits per heavy atom. The van der Waals surface area contributed by atoms with Crippen LogP contribution in [0, 0.1) is 5.82 Å². The zero-order valence-electron chi connectivity index (χ0n) is 13.8. The zero-order chi connectivity index (χ0) is 18.9. The van der Waals surface area contributed by atoms with Gasteiger partial charge in [0.05, 0.1) is 16.3 Å². The molecule has 1 aliphatic rings. The van der Waals surface area contributed by atoms with Crippen molar-refractivity contribution in [2.75, 3.05) is 21.9 Å². The molecule has 0 aromatic heterocycles. The molecule has 0 spiro atoms. The summed E-state index contributed by atoms with van der Waals surface area (Å²) in [6, 6.07) is 8.70. The number of rotatable bonds is 3. The molecule has 1 N–H and O–H groups in total. The van der Waals surface area contributed by atoms with Gasteiger partial charge in [0.1, 0.15) is 5.82 Å². The van der Waals surface area contributed by atoms with Gasteiger partial charge in [-0.2, -0.15) is 0 Å². The van der Waals surface area contributed by atoms with Crippen molar-refractivity contribution < 1.29 is 17.6 Å². The lowest BCUT2D eigenvalue weighted by atomic mass is 10.2. The molecule has 1 amide bonds. The number of amides is 1. The lowest BCUT2D eigenvalue weighted by Gasteiger charge is -2.21. The normalized spacial score (nSPS) is 14.5. The van der Waals surface area contributed by atoms with E-state index in [1.165, 1.54) is 31.2 Å². The summed E-state index contributed by atoms with van der Waals surface area (Å²) in [4.78, 5) is 14.4. The van der Waals surface area contributed by atoms with Crippen LogP contribution in [0.5, 0.6) is 0 Å². The van der Waals surface area contributed by atoms with Crippen LogP contribution in [-0.2, 0) is 14.8 Å². The molecule has 0 saturated carbocycles. The van der Waals surface area contributed by atoms with E-state index in [4.69, 9.17) is 0 Å². The Morgan fingerprint density at radius 1 is 1.27 bits per heavy atom. The zero-order valence-corrected chi connectivity index (χ0v) is 17.0. The van der Waals surface area contributed by atoms with Crippen molar-refractivity contribution in [1.82, 2.24) is 0 Å². The van der Waals surface area contributed by atoms with E-state index in [0.29, 0.717) is 16.7 Å². The Bertz CT molecular complexity index is 966. The first-order valence-electron chi connectivity index (χ1n) is 7.81. The van der Waals surface area contributed by atoms with Gasteiger partial charge in [-0.25, -0.2) is 12.8 Å². The predicted octanol–water partition coefficient (Wildman–Crippen LogP) is 4.24. The van der Waals surface area contributed by atoms with E-state index in [2.05, 4.69) is 20.7 Å². The van der Waals surface area contributed by atoms with Crippen LogP contribution in [-0.4, -0.2) is 26.6 Å². The largest absolute Gasteiger partial charge is 0.311 e. The number of nitrogens with one attached hydrogen (secondary N) is 1. The fourth-order valence-electron chi connectivity index (χ4n) is 2.63. The van der Waals surface area contributed by atoms with E-state index in [-0.39, 0.29) is 16.5 Å². The number of hydrogen-bond donors (Lipinski definition) is 1. The van der Waals surface area contributed by atoms with Crippen LogP contribution in [0.15, 0.2) is 50.7 Å². The van der Waals surface area contributed by atoms with Crippen molar-refractivity contribution in [2.45, 2.75) is 23.1 Å². The molecule has 0 unspecified atom stereocenters. The number of benzene rings is 2. The third-order valence-corrected chi connectivity index (χ3v) is 6.88. The van der Waals surface area contributed by atoms with E-state index in [1.807, 2.05) is 0 Å². The van der Waals surface area contributed by atoms with Crippen LogP contribution in [0.3, 0.4) is 0 Å². The molecule has 0 aliphatic carbocycles. The molecule has 9 heteroatoms. The van der Waals surface area contributed by atoms with Crippen molar-refractivity contribution in [2.24, 2.45) is 0 Å². The van der Waals surface area contributed by atoms with Gasteiger partial charge >= 0.3 is 0 Å². The first-order valence-corrected chi connectivity index (χ1v) is 11.1. The highest BCUT2D eigenvalue weighted by atomic mass is 79.9. The third-order valence-electron chi connectivity index (χ3n) is 3.87. The molecular weight excluding hydrogens is 443 g/mol. The number of anilines is 2. The minimum absolute atomic E-state index is 0.0210. The van der Waals surface area contributed by atoms with Gasteiger partial charge in [0, 0.05) is 22.8 Å². The highest BCUT2D eigenvalue weighted by Crippen LogP contribution is 2.36. The maximum absolute atomic E-state index is 14.0. The van der Waals surface area contributed by atoms with E-state index in [1.54, 1.807) is 28.8 Å². The van der Waals surface area contributed by atoms with E-state index in [9.17, 15) is 17.6 Å². The van der Waals surface area contributed by atoms with E-state index >= 15 is 0 Å². The Morgan fingerprint density at radius 3 is 2.73 bits per heavy atom. The number of carbonyl (C=O) groups excluding carboxylic acids is 1. The summed E-state index contributed by atoms with van der Waals surface area (Å²) in [5, 5.41) is 0. The highest BCUT2D eigenvalue weighted by molar-refractivity contribution is 9.10. The molecule has 0 saturated heterocycles. The fourth-order valence-corrected chi connectivity index (χ4v) is 5.02. The maximum Gasteiger partial charge on any atom is 0.262 e. The summed E-state index contributed by atoms with van der Waals surface area (Å²) in [6.45, 7) is 1.99. The number of carbonyl (C=O) groups is 1. The third kappa shape index (κ3) is 4.05. The van der Waals surface area contributed by atoms with Gasteiger partial charge in [-0.1, -0.05) is 15.9 Å². The smallest absolute Gasteiger partial charge is 0.262 e. The molecule has 26 heavy (non-hydrogen) atoms. The number of fused-ring (bicyclic) bond motifs is 1. The van der Waals surface area contributed by atoms with Gasteiger partial charge in [-0.15, -0.1) is 11.8 Å². The average molecular weight is 459 g/mol. The number of sulfonamides is 1. The van der Waals surface area contributed by atoms with Crippen molar-refractivity contribution >= 4 is 55.0 Å². The number of halogens is 2. The van der Waals surface area contributed by atoms with Crippen LogP contribution in [0.2, 0.25) is 0 Å². The minimum atomic E-state index is -4.00. The first kappa shape index (κ1) is 19.2. The van der Waals surface area contributed by atoms with Crippen LogP contribution in [0.4, 0.5) is 15.8 Å². The monoisotopic (exact) mass is 458 g/mol. The predicted molar refractivity (Wildman–Crippen MR) is 105 cm³/mol. The molecule has 1 heterocycles. The maximum atomic E-state index is 14.0. The molecular formula is C17H16BrFN2O3S2. The molecule has 3 rings (SSSR count). The summed E-state index contributed by atoms with van der Waals surface area (Å²) >= 11 is 4.72. The van der Waals surface area contributed by atoms with Gasteiger partial charge in [0.25, 0.3) is 10.0 Å². The van der Waals surface area contributed by atoms with Gasteiger partial charge in [0.15, 0.2) is 0 Å². The van der Waals surface area contributed by atoms with Gasteiger partial charge in [0.2, 0.25) is 5.91 Å². The minimum Gasteiger partial charge on any atom is -0.311 e. The standard InChI is InChI=1S/C17H16BrFN2O3S2/c1-11(22)21-7-2-8-25-17-6-4-13(10-16(17)21)26(23,24)20-15-5-3-12(18)9-14(15)19/h3-6,9-10,20H,2,7-8H2,1H3. The number of nitrogens with zero attached hydrogens (tertiary/aromatic N) is 1. The SMILES string of the molecule is CC(=O)N1CCCSc2ccc(S(=O)(=O)Nc3ccc(Br)cc3F)cc21. The highest BCUT2D eigenvalue weighted by Gasteiger charge is 2.23. The van der Waals surface area contributed by atoms with Gasteiger partial charge in [-0.05, 0) is 48.6 Å². The molecule has 0 fully saturated rings. The van der Waals surface area contributed by atoms with Crippen LogP contribution in [0.25, 0.3) is 0 Å². The molecule has 0 bridgehead atoms. The second kappa shape index (κ2) is 7.58.